The van der Waals surface area contributed by atoms with Gasteiger partial charge in [-0.3, -0.25) is 9.59 Å². The lowest BCUT2D eigenvalue weighted by atomic mass is 10.0. The Bertz CT molecular complexity index is 794. The van der Waals surface area contributed by atoms with Crippen LogP contribution in [0, 0.1) is 5.41 Å². The summed E-state index contributed by atoms with van der Waals surface area (Å²) in [6, 6.07) is 14.6. The number of amides is 2. The van der Waals surface area contributed by atoms with Gasteiger partial charge in [-0.25, -0.2) is 0 Å². The molecule has 0 aromatic heterocycles. The van der Waals surface area contributed by atoms with E-state index in [1.54, 1.807) is 31.4 Å². The maximum Gasteiger partial charge on any atom is 0.240 e. The average Bonchev–Trinajstić information content (AvgIpc) is 3.45. The first-order chi connectivity index (χ1) is 12.4. The molecule has 2 aromatic carbocycles. The largest absolute Gasteiger partial charge is 0.497 e. The lowest BCUT2D eigenvalue weighted by Gasteiger charge is -2.17. The molecule has 0 radical (unpaired) electrons. The predicted molar refractivity (Wildman–Crippen MR) is 103 cm³/mol. The summed E-state index contributed by atoms with van der Waals surface area (Å²) in [6.45, 7) is 0. The molecule has 6 heteroatoms. The summed E-state index contributed by atoms with van der Waals surface area (Å²) in [4.78, 5) is 27.2. The third kappa shape index (κ3) is 3.64. The molecule has 2 aromatic rings. The molecule has 0 spiro atoms. The molecule has 3 rings (SSSR count). The van der Waals surface area contributed by atoms with Crippen LogP contribution >= 0.6 is 0 Å². The highest BCUT2D eigenvalue weighted by Crippen LogP contribution is 2.47. The maximum atomic E-state index is 12.6. The van der Waals surface area contributed by atoms with Crippen LogP contribution in [0.25, 0.3) is 0 Å². The fourth-order valence-corrected chi connectivity index (χ4v) is 2.70. The molecule has 136 valence electrons. The SMILES string of the molecule is COc1ccc(NC(=O)C2(C(=O)Nc3ccc(N(C)C)cc3)CC2)cc1. The van der Waals surface area contributed by atoms with Crippen LogP contribution in [0.3, 0.4) is 0 Å². The van der Waals surface area contributed by atoms with E-state index in [1.807, 2.05) is 43.3 Å². The number of hydrogen-bond acceptors (Lipinski definition) is 4. The van der Waals surface area contributed by atoms with E-state index in [-0.39, 0.29) is 11.8 Å². The number of ether oxygens (including phenoxy) is 1. The first-order valence-electron chi connectivity index (χ1n) is 8.49. The number of nitrogens with zero attached hydrogens (tertiary/aromatic N) is 1. The summed E-state index contributed by atoms with van der Waals surface area (Å²) < 4.78 is 5.10. The zero-order valence-electron chi connectivity index (χ0n) is 15.2. The fraction of sp³-hybridized carbons (Fsp3) is 0.300. The molecule has 0 saturated heterocycles. The average molecular weight is 353 g/mol. The van der Waals surface area contributed by atoms with Crippen molar-refractivity contribution in [3.8, 4) is 5.75 Å². The van der Waals surface area contributed by atoms with Crippen LogP contribution in [-0.2, 0) is 9.59 Å². The van der Waals surface area contributed by atoms with Crippen LogP contribution in [0.4, 0.5) is 17.1 Å². The number of benzene rings is 2. The van der Waals surface area contributed by atoms with E-state index >= 15 is 0 Å². The minimum atomic E-state index is -0.986. The second kappa shape index (κ2) is 7.07. The number of methoxy groups -OCH3 is 1. The second-order valence-electron chi connectivity index (χ2n) is 6.66. The van der Waals surface area contributed by atoms with E-state index < -0.39 is 5.41 Å². The molecule has 2 amide bonds. The van der Waals surface area contributed by atoms with Crippen molar-refractivity contribution in [1.82, 2.24) is 0 Å². The molecule has 1 saturated carbocycles. The number of rotatable bonds is 6. The quantitative estimate of drug-likeness (QED) is 0.783. The predicted octanol–water partition coefficient (Wildman–Crippen LogP) is 3.12. The van der Waals surface area contributed by atoms with Gasteiger partial charge in [-0.05, 0) is 61.4 Å². The van der Waals surface area contributed by atoms with Crippen molar-refractivity contribution in [2.24, 2.45) is 5.41 Å². The molecule has 0 unspecified atom stereocenters. The minimum Gasteiger partial charge on any atom is -0.497 e. The van der Waals surface area contributed by atoms with Crippen LogP contribution in [-0.4, -0.2) is 33.0 Å². The van der Waals surface area contributed by atoms with Crippen molar-refractivity contribution >= 4 is 28.9 Å². The molecule has 1 aliphatic rings. The molecule has 0 bridgehead atoms. The number of nitrogens with one attached hydrogen (secondary N) is 2. The van der Waals surface area contributed by atoms with Gasteiger partial charge in [0.15, 0.2) is 0 Å². The van der Waals surface area contributed by atoms with Crippen molar-refractivity contribution in [1.29, 1.82) is 0 Å². The molecular weight excluding hydrogens is 330 g/mol. The van der Waals surface area contributed by atoms with E-state index in [0.717, 1.165) is 5.69 Å². The van der Waals surface area contributed by atoms with Gasteiger partial charge in [-0.15, -0.1) is 0 Å². The van der Waals surface area contributed by atoms with Gasteiger partial charge in [0.05, 0.1) is 7.11 Å². The number of anilines is 3. The summed E-state index contributed by atoms with van der Waals surface area (Å²) >= 11 is 0. The van der Waals surface area contributed by atoms with Crippen LogP contribution in [0.15, 0.2) is 48.5 Å². The Morgan fingerprint density at radius 3 is 1.73 bits per heavy atom. The Balaban J connectivity index is 1.65. The van der Waals surface area contributed by atoms with E-state index in [0.29, 0.717) is 30.0 Å². The van der Waals surface area contributed by atoms with Gasteiger partial charge >= 0.3 is 0 Å². The highest BCUT2D eigenvalue weighted by molar-refractivity contribution is 6.16. The molecule has 1 fully saturated rings. The Hall–Kier alpha value is -3.02. The van der Waals surface area contributed by atoms with Gasteiger partial charge in [-0.2, -0.15) is 0 Å². The smallest absolute Gasteiger partial charge is 0.240 e. The highest BCUT2D eigenvalue weighted by Gasteiger charge is 2.56. The summed E-state index contributed by atoms with van der Waals surface area (Å²) in [5.41, 5.74) is 1.39. The topological polar surface area (TPSA) is 70.7 Å². The van der Waals surface area contributed by atoms with Crippen LogP contribution in [0.5, 0.6) is 5.75 Å². The van der Waals surface area contributed by atoms with Crippen molar-refractivity contribution < 1.29 is 14.3 Å². The molecule has 0 heterocycles. The monoisotopic (exact) mass is 353 g/mol. The summed E-state index contributed by atoms with van der Waals surface area (Å²) in [6.07, 6.45) is 1.10. The minimum absolute atomic E-state index is 0.263. The van der Waals surface area contributed by atoms with Gasteiger partial charge in [0.2, 0.25) is 11.8 Å². The normalized spacial score (nSPS) is 14.3. The molecule has 26 heavy (non-hydrogen) atoms. The Morgan fingerprint density at radius 2 is 1.35 bits per heavy atom. The zero-order valence-corrected chi connectivity index (χ0v) is 15.2. The molecule has 0 aliphatic heterocycles. The number of hydrogen-bond donors (Lipinski definition) is 2. The van der Waals surface area contributed by atoms with Crippen molar-refractivity contribution in [3.05, 3.63) is 48.5 Å². The van der Waals surface area contributed by atoms with Gasteiger partial charge < -0.3 is 20.3 Å². The van der Waals surface area contributed by atoms with Crippen LogP contribution in [0.1, 0.15) is 12.8 Å². The lowest BCUT2D eigenvalue weighted by molar-refractivity contribution is -0.131. The highest BCUT2D eigenvalue weighted by atomic mass is 16.5. The van der Waals surface area contributed by atoms with Crippen LogP contribution in [0.2, 0.25) is 0 Å². The van der Waals surface area contributed by atoms with Gasteiger partial charge in [0.25, 0.3) is 0 Å². The Morgan fingerprint density at radius 1 is 0.885 bits per heavy atom. The van der Waals surface area contributed by atoms with Crippen molar-refractivity contribution in [2.45, 2.75) is 12.8 Å². The van der Waals surface area contributed by atoms with E-state index in [4.69, 9.17) is 4.74 Å². The summed E-state index contributed by atoms with van der Waals surface area (Å²) in [7, 11) is 5.49. The van der Waals surface area contributed by atoms with Crippen molar-refractivity contribution in [2.75, 3.05) is 36.7 Å². The molecule has 2 N–H and O–H groups in total. The third-order valence-electron chi connectivity index (χ3n) is 4.61. The van der Waals surface area contributed by atoms with Gasteiger partial charge in [-0.1, -0.05) is 0 Å². The third-order valence-corrected chi connectivity index (χ3v) is 4.61. The van der Waals surface area contributed by atoms with Crippen molar-refractivity contribution in [3.63, 3.8) is 0 Å². The first-order valence-corrected chi connectivity index (χ1v) is 8.49. The van der Waals surface area contributed by atoms with E-state index in [1.165, 1.54) is 0 Å². The number of carbonyl (C=O) groups excluding carboxylic acids is 2. The van der Waals surface area contributed by atoms with Gasteiger partial charge in [0.1, 0.15) is 11.2 Å². The lowest BCUT2D eigenvalue weighted by Crippen LogP contribution is -2.35. The first kappa shape index (κ1) is 17.8. The molecular formula is C20H23N3O3. The second-order valence-corrected chi connectivity index (χ2v) is 6.66. The molecule has 0 atom stereocenters. The Kier molecular flexibility index (Phi) is 4.84. The zero-order chi connectivity index (χ0) is 18.7. The van der Waals surface area contributed by atoms with E-state index in [2.05, 4.69) is 10.6 Å². The van der Waals surface area contributed by atoms with Crippen LogP contribution < -0.4 is 20.3 Å². The number of carbonyl (C=O) groups is 2. The fourth-order valence-electron chi connectivity index (χ4n) is 2.70. The molecule has 6 nitrogen and oxygen atoms in total. The summed E-state index contributed by atoms with van der Waals surface area (Å²) in [5.74, 6) is 0.175. The summed E-state index contributed by atoms with van der Waals surface area (Å²) in [5, 5.41) is 5.68. The van der Waals surface area contributed by atoms with E-state index in [9.17, 15) is 9.59 Å². The standard InChI is InChI=1S/C20H23N3O3/c1-23(2)16-8-4-14(5-9-16)21-18(24)20(12-13-20)19(25)22-15-6-10-17(26-3)11-7-15/h4-11H,12-13H2,1-3H3,(H,21,24)(H,22,25). The van der Waals surface area contributed by atoms with Gasteiger partial charge in [0, 0.05) is 31.2 Å². The molecule has 1 aliphatic carbocycles. The maximum absolute atomic E-state index is 12.6. The Labute approximate surface area is 153 Å².